The van der Waals surface area contributed by atoms with Crippen LogP contribution < -0.4 is 5.32 Å². The van der Waals surface area contributed by atoms with Gasteiger partial charge < -0.3 is 5.32 Å². The number of carbonyl (C=O) groups is 1. The molecule has 1 N–H and O–H groups in total. The molecular formula is C18H20ClNO. The summed E-state index contributed by atoms with van der Waals surface area (Å²) in [5, 5.41) is 3.29. The van der Waals surface area contributed by atoms with Crippen molar-refractivity contribution in [2.24, 2.45) is 0 Å². The first kappa shape index (κ1) is 15.7. The molecular weight excluding hydrogens is 282 g/mol. The highest BCUT2D eigenvalue weighted by atomic mass is 35.5. The van der Waals surface area contributed by atoms with E-state index in [0.29, 0.717) is 12.2 Å². The van der Waals surface area contributed by atoms with E-state index in [0.717, 1.165) is 24.9 Å². The predicted molar refractivity (Wildman–Crippen MR) is 88.9 cm³/mol. The Hall–Kier alpha value is -1.64. The first-order chi connectivity index (χ1) is 9.84. The molecule has 0 amide bonds. The van der Waals surface area contributed by atoms with Crippen LogP contribution >= 0.6 is 12.4 Å². The molecule has 110 valence electrons. The summed E-state index contributed by atoms with van der Waals surface area (Å²) in [6.07, 6.45) is 2.60. The maximum absolute atomic E-state index is 12.3. The Bertz CT molecular complexity index is 591. The van der Waals surface area contributed by atoms with Crippen LogP contribution in [0.1, 0.15) is 18.4 Å². The minimum absolute atomic E-state index is 0. The molecule has 1 aliphatic rings. The van der Waals surface area contributed by atoms with E-state index < -0.39 is 0 Å². The lowest BCUT2D eigenvalue weighted by molar-refractivity contribution is -0.120. The number of carbonyl (C=O) groups excluding carboxylic acids is 1. The molecule has 1 saturated heterocycles. The zero-order valence-electron chi connectivity index (χ0n) is 11.9. The van der Waals surface area contributed by atoms with Crippen molar-refractivity contribution >= 4 is 18.2 Å². The number of nitrogens with one attached hydrogen (secondary N) is 1. The standard InChI is InChI=1S/C18H19NO.ClH/c20-18(17-11-6-12-19-17)13-15-9-4-5-10-16(15)14-7-2-1-3-8-14;/h1-5,7-10,17,19H,6,11-13H2;1H. The summed E-state index contributed by atoms with van der Waals surface area (Å²) in [6, 6.07) is 18.5. The van der Waals surface area contributed by atoms with Crippen LogP contribution in [0.2, 0.25) is 0 Å². The van der Waals surface area contributed by atoms with E-state index in [1.54, 1.807) is 0 Å². The van der Waals surface area contributed by atoms with Crippen LogP contribution in [0.15, 0.2) is 54.6 Å². The SMILES string of the molecule is Cl.O=C(Cc1ccccc1-c1ccccc1)C1CCCN1. The van der Waals surface area contributed by atoms with Crippen LogP contribution in [-0.4, -0.2) is 18.4 Å². The average molecular weight is 302 g/mol. The van der Waals surface area contributed by atoms with Gasteiger partial charge in [-0.05, 0) is 36.1 Å². The number of ketones is 1. The first-order valence-corrected chi connectivity index (χ1v) is 7.24. The van der Waals surface area contributed by atoms with Gasteiger partial charge in [-0.3, -0.25) is 4.79 Å². The number of hydrogen-bond donors (Lipinski definition) is 1. The van der Waals surface area contributed by atoms with Gasteiger partial charge in [-0.25, -0.2) is 0 Å². The molecule has 3 heteroatoms. The molecule has 2 aromatic rings. The zero-order valence-corrected chi connectivity index (χ0v) is 12.7. The van der Waals surface area contributed by atoms with Crippen LogP contribution in [0, 0.1) is 0 Å². The smallest absolute Gasteiger partial charge is 0.154 e. The fraction of sp³-hybridized carbons (Fsp3) is 0.278. The fourth-order valence-electron chi connectivity index (χ4n) is 2.84. The second-order valence-corrected chi connectivity index (χ2v) is 5.32. The van der Waals surface area contributed by atoms with Gasteiger partial charge in [-0.2, -0.15) is 0 Å². The van der Waals surface area contributed by atoms with Crippen molar-refractivity contribution in [1.82, 2.24) is 5.32 Å². The normalized spacial score (nSPS) is 17.2. The first-order valence-electron chi connectivity index (χ1n) is 7.24. The van der Waals surface area contributed by atoms with Gasteiger partial charge in [0.2, 0.25) is 0 Å². The average Bonchev–Trinajstić information content (AvgIpc) is 3.03. The van der Waals surface area contributed by atoms with Crippen molar-refractivity contribution in [3.05, 3.63) is 60.2 Å². The molecule has 1 aliphatic heterocycles. The van der Waals surface area contributed by atoms with Crippen LogP contribution in [0.3, 0.4) is 0 Å². The predicted octanol–water partition coefficient (Wildman–Crippen LogP) is 3.64. The second-order valence-electron chi connectivity index (χ2n) is 5.32. The van der Waals surface area contributed by atoms with Gasteiger partial charge in [0.05, 0.1) is 6.04 Å². The Labute approximate surface area is 132 Å². The largest absolute Gasteiger partial charge is 0.307 e. The van der Waals surface area contributed by atoms with E-state index in [9.17, 15) is 4.79 Å². The molecule has 2 nitrogen and oxygen atoms in total. The van der Waals surface area contributed by atoms with Gasteiger partial charge in [-0.1, -0.05) is 54.6 Å². The van der Waals surface area contributed by atoms with Gasteiger partial charge in [-0.15, -0.1) is 12.4 Å². The lowest BCUT2D eigenvalue weighted by Gasteiger charge is -2.12. The van der Waals surface area contributed by atoms with Crippen molar-refractivity contribution in [2.75, 3.05) is 6.54 Å². The molecule has 0 saturated carbocycles. The highest BCUT2D eigenvalue weighted by molar-refractivity contribution is 5.88. The van der Waals surface area contributed by atoms with E-state index in [1.807, 2.05) is 30.3 Å². The summed E-state index contributed by atoms with van der Waals surface area (Å²) in [7, 11) is 0. The number of Topliss-reactive ketones (excluding diaryl/α,β-unsaturated/α-hetero) is 1. The van der Waals surface area contributed by atoms with E-state index >= 15 is 0 Å². The highest BCUT2D eigenvalue weighted by Gasteiger charge is 2.22. The lowest BCUT2D eigenvalue weighted by Crippen LogP contribution is -2.32. The van der Waals surface area contributed by atoms with Crippen molar-refractivity contribution in [2.45, 2.75) is 25.3 Å². The molecule has 0 aromatic heterocycles. The van der Waals surface area contributed by atoms with E-state index in [4.69, 9.17) is 0 Å². The Balaban J connectivity index is 0.00000161. The van der Waals surface area contributed by atoms with Gasteiger partial charge >= 0.3 is 0 Å². The number of benzene rings is 2. The van der Waals surface area contributed by atoms with Crippen LogP contribution in [-0.2, 0) is 11.2 Å². The minimum Gasteiger partial charge on any atom is -0.307 e. The molecule has 2 aromatic carbocycles. The number of halogens is 1. The number of rotatable bonds is 4. The Morgan fingerprint density at radius 3 is 2.48 bits per heavy atom. The van der Waals surface area contributed by atoms with Crippen molar-refractivity contribution in [3.8, 4) is 11.1 Å². The van der Waals surface area contributed by atoms with Crippen molar-refractivity contribution in [3.63, 3.8) is 0 Å². The Morgan fingerprint density at radius 2 is 1.76 bits per heavy atom. The second kappa shape index (κ2) is 7.39. The maximum atomic E-state index is 12.3. The van der Waals surface area contributed by atoms with Gasteiger partial charge in [0.25, 0.3) is 0 Å². The van der Waals surface area contributed by atoms with Gasteiger partial charge in [0, 0.05) is 6.42 Å². The fourth-order valence-corrected chi connectivity index (χ4v) is 2.84. The summed E-state index contributed by atoms with van der Waals surface area (Å²) in [4.78, 5) is 12.3. The summed E-state index contributed by atoms with van der Waals surface area (Å²) in [5.41, 5.74) is 3.46. The summed E-state index contributed by atoms with van der Waals surface area (Å²) in [5.74, 6) is 0.311. The van der Waals surface area contributed by atoms with Gasteiger partial charge in [0.15, 0.2) is 5.78 Å². The highest BCUT2D eigenvalue weighted by Crippen LogP contribution is 2.24. The molecule has 0 spiro atoms. The number of hydrogen-bond acceptors (Lipinski definition) is 2. The maximum Gasteiger partial charge on any atom is 0.154 e. The molecule has 1 atom stereocenters. The molecule has 0 aliphatic carbocycles. The lowest BCUT2D eigenvalue weighted by atomic mass is 9.94. The Morgan fingerprint density at radius 1 is 1.05 bits per heavy atom. The van der Waals surface area contributed by atoms with Crippen molar-refractivity contribution in [1.29, 1.82) is 0 Å². The summed E-state index contributed by atoms with van der Waals surface area (Å²) >= 11 is 0. The molecule has 0 radical (unpaired) electrons. The van der Waals surface area contributed by atoms with Crippen LogP contribution in [0.4, 0.5) is 0 Å². The van der Waals surface area contributed by atoms with Gasteiger partial charge in [0.1, 0.15) is 0 Å². The Kier molecular flexibility index (Phi) is 5.54. The van der Waals surface area contributed by atoms with Crippen LogP contribution in [0.5, 0.6) is 0 Å². The molecule has 1 unspecified atom stereocenters. The minimum atomic E-state index is 0. The molecule has 0 bridgehead atoms. The van der Waals surface area contributed by atoms with E-state index in [1.165, 1.54) is 11.1 Å². The monoisotopic (exact) mass is 301 g/mol. The van der Waals surface area contributed by atoms with E-state index in [-0.39, 0.29) is 18.4 Å². The third kappa shape index (κ3) is 3.72. The molecule has 3 rings (SSSR count). The topological polar surface area (TPSA) is 29.1 Å². The molecule has 1 fully saturated rings. The quantitative estimate of drug-likeness (QED) is 0.934. The summed E-state index contributed by atoms with van der Waals surface area (Å²) < 4.78 is 0. The third-order valence-corrected chi connectivity index (χ3v) is 3.92. The van der Waals surface area contributed by atoms with Crippen molar-refractivity contribution < 1.29 is 4.79 Å². The summed E-state index contributed by atoms with van der Waals surface area (Å²) in [6.45, 7) is 0.969. The van der Waals surface area contributed by atoms with E-state index in [2.05, 4.69) is 29.6 Å². The molecule has 21 heavy (non-hydrogen) atoms. The molecule has 1 heterocycles. The zero-order chi connectivity index (χ0) is 13.8. The third-order valence-electron chi connectivity index (χ3n) is 3.92. The van der Waals surface area contributed by atoms with Crippen LogP contribution in [0.25, 0.3) is 11.1 Å².